The highest BCUT2D eigenvalue weighted by molar-refractivity contribution is 7.88. The summed E-state index contributed by atoms with van der Waals surface area (Å²) >= 11 is 0. The molecule has 4 heterocycles. The van der Waals surface area contributed by atoms with Crippen LogP contribution < -0.4 is 10.2 Å². The number of nitrogens with zero attached hydrogens (tertiary/aromatic N) is 5. The Balaban J connectivity index is 1.32. The summed E-state index contributed by atoms with van der Waals surface area (Å²) < 4.78 is 50.7. The highest BCUT2D eigenvalue weighted by Gasteiger charge is 2.46. The molecule has 2 aromatic rings. The zero-order valence-electron chi connectivity index (χ0n) is 19.6. The maximum atomic E-state index is 12.0. The average Bonchev–Trinajstić information content (AvgIpc) is 3.40. The van der Waals surface area contributed by atoms with E-state index in [0.29, 0.717) is 45.0 Å². The van der Waals surface area contributed by atoms with Gasteiger partial charge in [0.25, 0.3) is 0 Å². The van der Waals surface area contributed by atoms with Gasteiger partial charge in [0.1, 0.15) is 0 Å². The minimum absolute atomic E-state index is 0.00700. The second-order valence-electron chi connectivity index (χ2n) is 10.0. The SMILES string of the molecule is CS(=O)(=O)N1CCC(Nc2ncc3cccc(N4CCC5(CCN(S(C)(=O)=O)C5)C4)c3n2)CC1. The summed E-state index contributed by atoms with van der Waals surface area (Å²) in [5.41, 5.74) is 1.92. The first-order valence-corrected chi connectivity index (χ1v) is 15.4. The van der Waals surface area contributed by atoms with E-state index in [4.69, 9.17) is 4.98 Å². The Morgan fingerprint density at radius 1 is 0.941 bits per heavy atom. The van der Waals surface area contributed by atoms with Crippen LogP contribution >= 0.6 is 0 Å². The maximum Gasteiger partial charge on any atom is 0.223 e. The van der Waals surface area contributed by atoms with Gasteiger partial charge in [0.15, 0.2) is 0 Å². The van der Waals surface area contributed by atoms with Crippen LogP contribution in [0.15, 0.2) is 24.4 Å². The number of sulfonamides is 2. The highest BCUT2D eigenvalue weighted by atomic mass is 32.2. The molecule has 3 fully saturated rings. The number of nitrogens with one attached hydrogen (secondary N) is 1. The van der Waals surface area contributed by atoms with Gasteiger partial charge in [-0.25, -0.2) is 35.4 Å². The van der Waals surface area contributed by atoms with Gasteiger partial charge in [-0.3, -0.25) is 0 Å². The normalized spacial score (nSPS) is 25.5. The van der Waals surface area contributed by atoms with Gasteiger partial charge in [0.05, 0.1) is 23.7 Å². The van der Waals surface area contributed by atoms with Crippen LogP contribution in [-0.4, -0.2) is 93.2 Å². The van der Waals surface area contributed by atoms with Crippen LogP contribution in [0.3, 0.4) is 0 Å². The Kier molecular flexibility index (Phi) is 5.98. The molecule has 1 atom stereocenters. The van der Waals surface area contributed by atoms with Gasteiger partial charge in [-0.05, 0) is 31.7 Å². The molecule has 0 bridgehead atoms. The third-order valence-corrected chi connectivity index (χ3v) is 10.0. The Morgan fingerprint density at radius 2 is 1.65 bits per heavy atom. The Hall–Kier alpha value is -2.02. The molecule has 34 heavy (non-hydrogen) atoms. The van der Waals surface area contributed by atoms with Crippen LogP contribution in [0.1, 0.15) is 25.7 Å². The molecule has 1 N–H and O–H groups in total. The molecule has 186 valence electrons. The monoisotopic (exact) mass is 508 g/mol. The Labute approximate surface area is 201 Å². The standard InChI is InChI=1S/C22H32N6O4S2/c1-33(29,30)27-10-6-18(7-11-27)24-21-23-14-17-4-3-5-19(20(17)25-21)26-12-8-22(15-26)9-13-28(16-22)34(2,31)32/h3-5,14,18H,6-13,15-16H2,1-2H3,(H,23,24,25). The van der Waals surface area contributed by atoms with Crippen molar-refractivity contribution >= 4 is 42.6 Å². The van der Waals surface area contributed by atoms with E-state index >= 15 is 0 Å². The number of benzene rings is 1. The zero-order valence-corrected chi connectivity index (χ0v) is 21.3. The molecular weight excluding hydrogens is 476 g/mol. The Morgan fingerprint density at radius 3 is 2.32 bits per heavy atom. The number of anilines is 2. The van der Waals surface area contributed by atoms with E-state index in [0.717, 1.165) is 42.5 Å². The van der Waals surface area contributed by atoms with Gasteiger partial charge in [-0.1, -0.05) is 12.1 Å². The lowest BCUT2D eigenvalue weighted by Gasteiger charge is -2.30. The zero-order chi connectivity index (χ0) is 24.1. The first kappa shape index (κ1) is 23.7. The van der Waals surface area contributed by atoms with Crippen molar-refractivity contribution in [1.29, 1.82) is 0 Å². The third kappa shape index (κ3) is 4.73. The van der Waals surface area contributed by atoms with Crippen molar-refractivity contribution in [1.82, 2.24) is 18.6 Å². The predicted octanol–water partition coefficient (Wildman–Crippen LogP) is 1.33. The molecule has 1 aromatic heterocycles. The van der Waals surface area contributed by atoms with Crippen molar-refractivity contribution in [3.63, 3.8) is 0 Å². The quantitative estimate of drug-likeness (QED) is 0.643. The summed E-state index contributed by atoms with van der Waals surface area (Å²) in [5.74, 6) is 0.552. The molecule has 1 aromatic carbocycles. The van der Waals surface area contributed by atoms with E-state index < -0.39 is 20.0 Å². The van der Waals surface area contributed by atoms with Crippen LogP contribution in [0.25, 0.3) is 10.9 Å². The summed E-state index contributed by atoms with van der Waals surface area (Å²) in [7, 11) is -6.32. The molecule has 3 aliphatic rings. The summed E-state index contributed by atoms with van der Waals surface area (Å²) in [6.45, 7) is 3.85. The minimum atomic E-state index is -3.16. The van der Waals surface area contributed by atoms with Crippen molar-refractivity contribution in [2.75, 3.05) is 62.0 Å². The molecule has 3 saturated heterocycles. The molecule has 0 radical (unpaired) electrons. The van der Waals surface area contributed by atoms with E-state index in [1.165, 1.54) is 16.8 Å². The molecule has 12 heteroatoms. The maximum absolute atomic E-state index is 12.0. The molecule has 3 aliphatic heterocycles. The van der Waals surface area contributed by atoms with E-state index in [2.05, 4.69) is 21.3 Å². The summed E-state index contributed by atoms with van der Waals surface area (Å²) in [5, 5.41) is 4.36. The topological polar surface area (TPSA) is 116 Å². The van der Waals surface area contributed by atoms with Gasteiger partial charge in [0.2, 0.25) is 26.0 Å². The second-order valence-corrected chi connectivity index (χ2v) is 14.0. The van der Waals surface area contributed by atoms with E-state index in [9.17, 15) is 16.8 Å². The fourth-order valence-electron chi connectivity index (χ4n) is 5.53. The number of aromatic nitrogens is 2. The van der Waals surface area contributed by atoms with E-state index in [1.807, 2.05) is 18.3 Å². The van der Waals surface area contributed by atoms with Crippen LogP contribution in [0.4, 0.5) is 11.6 Å². The molecule has 5 rings (SSSR count). The van der Waals surface area contributed by atoms with Gasteiger partial charge in [-0.2, -0.15) is 0 Å². The van der Waals surface area contributed by atoms with Crippen molar-refractivity contribution in [3.8, 4) is 0 Å². The molecular formula is C22H32N6O4S2. The fourth-order valence-corrected chi connectivity index (χ4v) is 7.34. The van der Waals surface area contributed by atoms with Crippen molar-refractivity contribution < 1.29 is 16.8 Å². The predicted molar refractivity (Wildman–Crippen MR) is 133 cm³/mol. The molecule has 0 amide bonds. The van der Waals surface area contributed by atoms with Gasteiger partial charge >= 0.3 is 0 Å². The number of rotatable bonds is 5. The largest absolute Gasteiger partial charge is 0.369 e. The lowest BCUT2D eigenvalue weighted by Crippen LogP contribution is -2.42. The van der Waals surface area contributed by atoms with Crippen molar-refractivity contribution in [3.05, 3.63) is 24.4 Å². The average molecular weight is 509 g/mol. The lowest BCUT2D eigenvalue weighted by molar-refractivity contribution is 0.331. The summed E-state index contributed by atoms with van der Waals surface area (Å²) in [6, 6.07) is 6.21. The van der Waals surface area contributed by atoms with Gasteiger partial charge in [-0.15, -0.1) is 0 Å². The molecule has 0 saturated carbocycles. The van der Waals surface area contributed by atoms with Crippen LogP contribution in [-0.2, 0) is 20.0 Å². The number of hydrogen-bond donors (Lipinski definition) is 1. The van der Waals surface area contributed by atoms with Crippen molar-refractivity contribution in [2.24, 2.45) is 5.41 Å². The summed E-state index contributed by atoms with van der Waals surface area (Å²) in [4.78, 5) is 11.7. The second kappa shape index (κ2) is 8.58. The van der Waals surface area contributed by atoms with Crippen LogP contribution in [0.2, 0.25) is 0 Å². The highest BCUT2D eigenvalue weighted by Crippen LogP contribution is 2.43. The van der Waals surface area contributed by atoms with Crippen LogP contribution in [0.5, 0.6) is 0 Å². The lowest BCUT2D eigenvalue weighted by atomic mass is 9.86. The smallest absolute Gasteiger partial charge is 0.223 e. The number of hydrogen-bond acceptors (Lipinski definition) is 8. The third-order valence-electron chi connectivity index (χ3n) is 7.50. The number of fused-ring (bicyclic) bond motifs is 1. The summed E-state index contributed by atoms with van der Waals surface area (Å²) in [6.07, 6.45) is 7.64. The van der Waals surface area contributed by atoms with E-state index in [1.54, 1.807) is 4.31 Å². The van der Waals surface area contributed by atoms with E-state index in [-0.39, 0.29) is 11.5 Å². The van der Waals surface area contributed by atoms with Crippen molar-refractivity contribution in [2.45, 2.75) is 31.7 Å². The molecule has 1 unspecified atom stereocenters. The number of para-hydroxylation sites is 1. The first-order chi connectivity index (χ1) is 16.0. The minimum Gasteiger partial charge on any atom is -0.369 e. The van der Waals surface area contributed by atoms with Crippen LogP contribution in [0, 0.1) is 5.41 Å². The molecule has 0 aliphatic carbocycles. The molecule has 1 spiro atoms. The molecule has 10 nitrogen and oxygen atoms in total. The van der Waals surface area contributed by atoms with Gasteiger partial charge < -0.3 is 10.2 Å². The number of piperidine rings is 1. The Bertz CT molecular complexity index is 1290. The van der Waals surface area contributed by atoms with Gasteiger partial charge in [0, 0.05) is 62.3 Å². The first-order valence-electron chi connectivity index (χ1n) is 11.7. The fraction of sp³-hybridized carbons (Fsp3) is 0.636.